The van der Waals surface area contributed by atoms with Gasteiger partial charge in [-0.15, -0.1) is 17.8 Å². The summed E-state index contributed by atoms with van der Waals surface area (Å²) in [5.41, 5.74) is 0.796. The molecule has 0 aliphatic carbocycles. The molecule has 0 aliphatic heterocycles. The summed E-state index contributed by atoms with van der Waals surface area (Å²) in [7, 11) is 0. The van der Waals surface area contributed by atoms with E-state index in [1.807, 2.05) is 11.4 Å². The second kappa shape index (κ2) is 4.89. The lowest BCUT2D eigenvalue weighted by Crippen LogP contribution is -2.19. The van der Waals surface area contributed by atoms with E-state index < -0.39 is 6.04 Å². The van der Waals surface area contributed by atoms with E-state index in [-0.39, 0.29) is 0 Å². The Morgan fingerprint density at radius 2 is 2.54 bits per heavy atom. The molecule has 1 rings (SSSR count). The van der Waals surface area contributed by atoms with Gasteiger partial charge in [0.15, 0.2) is 0 Å². The molecule has 1 atom stereocenters. The fourth-order valence-corrected chi connectivity index (χ4v) is 1.88. The van der Waals surface area contributed by atoms with Crippen molar-refractivity contribution in [2.24, 2.45) is 0 Å². The lowest BCUT2D eigenvalue weighted by molar-refractivity contribution is 0.693. The van der Waals surface area contributed by atoms with Gasteiger partial charge in [-0.2, -0.15) is 5.26 Å². The molecular weight excluding hydrogens is 204 g/mol. The number of hydrogen-bond acceptors (Lipinski definition) is 3. The molecule has 1 aromatic heterocycles. The first-order valence-electron chi connectivity index (χ1n) is 3.59. The molecule has 1 heterocycles. The Kier molecular flexibility index (Phi) is 3.79. The summed E-state index contributed by atoms with van der Waals surface area (Å²) in [5.74, 6) is 2.41. The van der Waals surface area contributed by atoms with Gasteiger partial charge in [0.2, 0.25) is 0 Å². The minimum absolute atomic E-state index is 0.365. The van der Waals surface area contributed by atoms with Crippen molar-refractivity contribution in [3.8, 4) is 18.4 Å². The van der Waals surface area contributed by atoms with Crippen LogP contribution in [0.25, 0.3) is 0 Å². The molecule has 0 saturated heterocycles. The topological polar surface area (TPSA) is 35.8 Å². The summed E-state index contributed by atoms with van der Waals surface area (Å²) in [6.45, 7) is 0.365. The first-order chi connectivity index (χ1) is 6.29. The van der Waals surface area contributed by atoms with Crippen LogP contribution in [0.2, 0.25) is 4.34 Å². The third-order valence-corrected chi connectivity index (χ3v) is 2.69. The standard InChI is InChI=1S/C9H7ClN2S/c1-2-4-12-8(6-11)7-3-5-13-9(7)10/h1,3,5,8,12H,4H2. The summed E-state index contributed by atoms with van der Waals surface area (Å²) >= 11 is 7.27. The van der Waals surface area contributed by atoms with Gasteiger partial charge in [0.05, 0.1) is 17.0 Å². The van der Waals surface area contributed by atoms with E-state index in [2.05, 4.69) is 17.3 Å². The van der Waals surface area contributed by atoms with Gasteiger partial charge in [-0.25, -0.2) is 0 Å². The number of rotatable bonds is 3. The van der Waals surface area contributed by atoms with E-state index in [1.165, 1.54) is 11.3 Å². The highest BCUT2D eigenvalue weighted by Crippen LogP contribution is 2.27. The Balaban J connectivity index is 2.75. The van der Waals surface area contributed by atoms with E-state index in [0.717, 1.165) is 5.56 Å². The van der Waals surface area contributed by atoms with Crippen molar-refractivity contribution in [2.75, 3.05) is 6.54 Å². The van der Waals surface area contributed by atoms with Gasteiger partial charge in [-0.1, -0.05) is 17.5 Å². The van der Waals surface area contributed by atoms with Gasteiger partial charge >= 0.3 is 0 Å². The van der Waals surface area contributed by atoms with E-state index in [0.29, 0.717) is 10.9 Å². The van der Waals surface area contributed by atoms with Crippen LogP contribution in [0, 0.1) is 23.7 Å². The second-order valence-electron chi connectivity index (χ2n) is 2.30. The van der Waals surface area contributed by atoms with E-state index in [4.69, 9.17) is 23.3 Å². The molecule has 0 saturated carbocycles. The summed E-state index contributed by atoms with van der Waals surface area (Å²) in [6.07, 6.45) is 5.07. The minimum Gasteiger partial charge on any atom is -0.287 e. The Labute approximate surface area is 86.1 Å². The number of terminal acetylenes is 1. The largest absolute Gasteiger partial charge is 0.287 e. The molecule has 66 valence electrons. The quantitative estimate of drug-likeness (QED) is 0.777. The molecule has 0 aromatic carbocycles. The lowest BCUT2D eigenvalue weighted by Gasteiger charge is -2.07. The van der Waals surface area contributed by atoms with Crippen molar-refractivity contribution < 1.29 is 0 Å². The van der Waals surface area contributed by atoms with Crippen LogP contribution in [0.15, 0.2) is 11.4 Å². The predicted octanol–water partition coefficient (Wildman–Crippen LogP) is 2.19. The third-order valence-electron chi connectivity index (χ3n) is 1.49. The number of nitriles is 1. The molecule has 0 amide bonds. The molecule has 1 aromatic rings. The molecule has 0 bridgehead atoms. The van der Waals surface area contributed by atoms with E-state index in [9.17, 15) is 0 Å². The number of halogens is 1. The number of nitrogens with zero attached hydrogens (tertiary/aromatic N) is 1. The molecular formula is C9H7ClN2S. The highest BCUT2D eigenvalue weighted by atomic mass is 35.5. The van der Waals surface area contributed by atoms with Crippen molar-refractivity contribution in [3.05, 3.63) is 21.3 Å². The number of nitrogens with one attached hydrogen (secondary N) is 1. The zero-order valence-electron chi connectivity index (χ0n) is 6.75. The zero-order valence-corrected chi connectivity index (χ0v) is 8.32. The molecule has 0 aliphatic rings. The van der Waals surface area contributed by atoms with Gasteiger partial charge in [0.25, 0.3) is 0 Å². The monoisotopic (exact) mass is 210 g/mol. The normalized spacial score (nSPS) is 11.6. The Morgan fingerprint density at radius 1 is 1.77 bits per heavy atom. The fraction of sp³-hybridized carbons (Fsp3) is 0.222. The summed E-state index contributed by atoms with van der Waals surface area (Å²) in [6, 6.07) is 3.51. The SMILES string of the molecule is C#CCNC(C#N)c1ccsc1Cl. The molecule has 0 radical (unpaired) electrons. The molecule has 13 heavy (non-hydrogen) atoms. The molecule has 0 spiro atoms. The predicted molar refractivity (Wildman–Crippen MR) is 54.5 cm³/mol. The van der Waals surface area contributed by atoms with E-state index in [1.54, 1.807) is 0 Å². The first-order valence-corrected chi connectivity index (χ1v) is 4.84. The average molecular weight is 211 g/mol. The average Bonchev–Trinajstić information content (AvgIpc) is 2.54. The smallest absolute Gasteiger partial charge is 0.124 e. The van der Waals surface area contributed by atoms with Crippen LogP contribution in [0.1, 0.15) is 11.6 Å². The zero-order chi connectivity index (χ0) is 9.68. The minimum atomic E-state index is -0.408. The van der Waals surface area contributed by atoms with Crippen LogP contribution in [0.3, 0.4) is 0 Å². The summed E-state index contributed by atoms with van der Waals surface area (Å²) in [4.78, 5) is 0. The molecule has 0 fully saturated rings. The maximum Gasteiger partial charge on any atom is 0.124 e. The van der Waals surface area contributed by atoms with Gasteiger partial charge < -0.3 is 0 Å². The molecule has 4 heteroatoms. The fourth-order valence-electron chi connectivity index (χ4n) is 0.896. The van der Waals surface area contributed by atoms with Crippen LogP contribution < -0.4 is 5.32 Å². The van der Waals surface area contributed by atoms with Crippen LogP contribution in [0.5, 0.6) is 0 Å². The van der Waals surface area contributed by atoms with Crippen LogP contribution >= 0.6 is 22.9 Å². The van der Waals surface area contributed by atoms with Gasteiger partial charge in [0.1, 0.15) is 6.04 Å². The molecule has 1 unspecified atom stereocenters. The van der Waals surface area contributed by atoms with Crippen LogP contribution in [-0.4, -0.2) is 6.54 Å². The van der Waals surface area contributed by atoms with Crippen molar-refractivity contribution in [3.63, 3.8) is 0 Å². The highest BCUT2D eigenvalue weighted by Gasteiger charge is 2.13. The van der Waals surface area contributed by atoms with Crippen molar-refractivity contribution in [1.82, 2.24) is 5.32 Å². The molecule has 1 N–H and O–H groups in total. The van der Waals surface area contributed by atoms with Crippen LogP contribution in [-0.2, 0) is 0 Å². The third kappa shape index (κ3) is 2.47. The Bertz CT molecular complexity index is 358. The summed E-state index contributed by atoms with van der Waals surface area (Å²) in [5, 5.41) is 13.5. The maximum atomic E-state index is 8.81. The van der Waals surface area contributed by atoms with Gasteiger partial charge in [-0.3, -0.25) is 5.32 Å². The summed E-state index contributed by atoms with van der Waals surface area (Å²) < 4.78 is 0.635. The second-order valence-corrected chi connectivity index (χ2v) is 3.81. The molecule has 2 nitrogen and oxygen atoms in total. The van der Waals surface area contributed by atoms with E-state index >= 15 is 0 Å². The maximum absolute atomic E-state index is 8.81. The highest BCUT2D eigenvalue weighted by molar-refractivity contribution is 7.14. The Hall–Kier alpha value is -1.00. The first kappa shape index (κ1) is 10.1. The number of hydrogen-bond donors (Lipinski definition) is 1. The van der Waals surface area contributed by atoms with Gasteiger partial charge in [0, 0.05) is 5.56 Å². The van der Waals surface area contributed by atoms with Gasteiger partial charge in [-0.05, 0) is 11.4 Å². The lowest BCUT2D eigenvalue weighted by atomic mass is 10.2. The van der Waals surface area contributed by atoms with Crippen molar-refractivity contribution in [2.45, 2.75) is 6.04 Å². The van der Waals surface area contributed by atoms with Crippen molar-refractivity contribution in [1.29, 1.82) is 5.26 Å². The van der Waals surface area contributed by atoms with Crippen LogP contribution in [0.4, 0.5) is 0 Å². The number of thiophene rings is 1. The Morgan fingerprint density at radius 3 is 3.00 bits per heavy atom. The van der Waals surface area contributed by atoms with Crippen molar-refractivity contribution >= 4 is 22.9 Å².